The molecule has 1 aromatic heterocycles. The molecule has 0 saturated heterocycles. The van der Waals surface area contributed by atoms with E-state index in [1.807, 2.05) is 54.2 Å². The number of pyridine rings is 1. The number of ether oxygens (including phenoxy) is 1. The first-order chi connectivity index (χ1) is 16.7. The minimum atomic E-state index is -0.0450. The average molecular weight is 481 g/mol. The predicted molar refractivity (Wildman–Crippen MR) is 144 cm³/mol. The van der Waals surface area contributed by atoms with E-state index in [1.165, 1.54) is 11.1 Å². The van der Waals surface area contributed by atoms with Crippen molar-refractivity contribution in [3.63, 3.8) is 0 Å². The Morgan fingerprint density at radius 1 is 0.829 bits per heavy atom. The molecule has 1 aliphatic carbocycles. The second-order valence-electron chi connectivity index (χ2n) is 10.5. The van der Waals surface area contributed by atoms with E-state index in [1.54, 1.807) is 6.07 Å². The van der Waals surface area contributed by atoms with Gasteiger partial charge >= 0.3 is 0 Å². The third kappa shape index (κ3) is 3.52. The summed E-state index contributed by atoms with van der Waals surface area (Å²) in [6.07, 6.45) is 0. The summed E-state index contributed by atoms with van der Waals surface area (Å²) in [5, 5.41) is 12.5. The van der Waals surface area contributed by atoms with Crippen LogP contribution in [0.5, 0.6) is 17.4 Å². The third-order valence-electron chi connectivity index (χ3n) is 7.52. The van der Waals surface area contributed by atoms with Gasteiger partial charge in [0.15, 0.2) is 0 Å². The first-order valence-electron chi connectivity index (χ1n) is 12.0. The molecule has 35 heavy (non-hydrogen) atoms. The highest BCUT2D eigenvalue weighted by atomic mass is 32.2. The molecule has 2 aliphatic rings. The van der Waals surface area contributed by atoms with Crippen molar-refractivity contribution in [1.82, 2.24) is 4.98 Å². The van der Waals surface area contributed by atoms with Crippen LogP contribution >= 0.6 is 11.8 Å². The number of hydrogen-bond acceptors (Lipinski definition) is 5. The molecule has 1 N–H and O–H groups in total. The van der Waals surface area contributed by atoms with E-state index in [0.29, 0.717) is 22.4 Å². The molecule has 0 fully saturated rings. The van der Waals surface area contributed by atoms with Gasteiger partial charge in [0.2, 0.25) is 5.88 Å². The van der Waals surface area contributed by atoms with Crippen molar-refractivity contribution in [2.75, 3.05) is 0 Å². The molecule has 1 aliphatic heterocycles. The fourth-order valence-corrected chi connectivity index (χ4v) is 7.17. The lowest BCUT2D eigenvalue weighted by atomic mass is 9.60. The monoisotopic (exact) mass is 480 g/mol. The normalized spacial score (nSPS) is 21.8. The molecular formula is C30H28N2O2S. The van der Waals surface area contributed by atoms with E-state index >= 15 is 0 Å². The SMILES string of the molecule is CC1(C)c2ccccc2C(C)(C)[C@@H]2N=C(c3cccc(Oc4ccc5cccc(O)c5n4)c3)SC21. The maximum atomic E-state index is 10.2. The number of thioether (sulfide) groups is 1. The molecular weight excluding hydrogens is 452 g/mol. The van der Waals surface area contributed by atoms with Crippen LogP contribution in [0.15, 0.2) is 83.9 Å². The number of fused-ring (bicyclic) bond motifs is 3. The molecule has 0 radical (unpaired) electrons. The van der Waals surface area contributed by atoms with Crippen molar-refractivity contribution < 1.29 is 9.84 Å². The standard InChI is InChI=1S/C30H28N2O2S/c1-29(2)21-12-5-6-13-22(21)30(3,4)27-26(29)32-28(35-27)19-10-7-11-20(17-19)34-24-16-15-18-9-8-14-23(33)25(18)31-24/h5-17,26-27,33H,1-4H3/t26-,27?/m1/s1. The molecule has 0 bridgehead atoms. The van der Waals surface area contributed by atoms with E-state index in [2.05, 4.69) is 63.0 Å². The fourth-order valence-electron chi connectivity index (χ4n) is 5.54. The van der Waals surface area contributed by atoms with Crippen LogP contribution in [-0.2, 0) is 10.8 Å². The van der Waals surface area contributed by atoms with Gasteiger partial charge in [0.25, 0.3) is 0 Å². The summed E-state index contributed by atoms with van der Waals surface area (Å²) in [6, 6.07) is 26.2. The molecule has 0 saturated carbocycles. The molecule has 5 heteroatoms. The summed E-state index contributed by atoms with van der Waals surface area (Å²) < 4.78 is 6.11. The number of para-hydroxylation sites is 1. The second kappa shape index (κ2) is 7.85. The molecule has 2 atom stereocenters. The Balaban J connectivity index is 1.32. The topological polar surface area (TPSA) is 54.7 Å². The zero-order valence-corrected chi connectivity index (χ0v) is 21.1. The third-order valence-corrected chi connectivity index (χ3v) is 9.19. The fraction of sp³-hybridized carbons (Fsp3) is 0.267. The van der Waals surface area contributed by atoms with Crippen molar-refractivity contribution in [3.05, 3.63) is 95.6 Å². The van der Waals surface area contributed by atoms with Crippen LogP contribution < -0.4 is 4.74 Å². The van der Waals surface area contributed by atoms with Gasteiger partial charge < -0.3 is 9.84 Å². The second-order valence-corrected chi connectivity index (χ2v) is 11.7. The quantitative estimate of drug-likeness (QED) is 0.336. The van der Waals surface area contributed by atoms with Crippen LogP contribution in [0.4, 0.5) is 0 Å². The number of rotatable bonds is 3. The smallest absolute Gasteiger partial charge is 0.219 e. The van der Waals surface area contributed by atoms with E-state index in [0.717, 1.165) is 16.0 Å². The number of nitrogens with zero attached hydrogens (tertiary/aromatic N) is 2. The Labute approximate surface area is 210 Å². The minimum Gasteiger partial charge on any atom is -0.506 e. The largest absolute Gasteiger partial charge is 0.506 e. The van der Waals surface area contributed by atoms with Crippen molar-refractivity contribution in [3.8, 4) is 17.4 Å². The molecule has 176 valence electrons. The number of phenols is 1. The lowest BCUT2D eigenvalue weighted by Gasteiger charge is -2.48. The van der Waals surface area contributed by atoms with Crippen LogP contribution in [0.3, 0.4) is 0 Å². The van der Waals surface area contributed by atoms with Crippen molar-refractivity contribution in [2.24, 2.45) is 4.99 Å². The zero-order valence-electron chi connectivity index (χ0n) is 20.3. The molecule has 6 rings (SSSR count). The summed E-state index contributed by atoms with van der Waals surface area (Å²) in [6.45, 7) is 9.35. The van der Waals surface area contributed by atoms with E-state index in [-0.39, 0.29) is 22.6 Å². The Morgan fingerprint density at radius 3 is 2.37 bits per heavy atom. The lowest BCUT2D eigenvalue weighted by molar-refractivity contribution is 0.302. The Morgan fingerprint density at radius 2 is 1.57 bits per heavy atom. The summed E-state index contributed by atoms with van der Waals surface area (Å²) in [4.78, 5) is 9.81. The maximum Gasteiger partial charge on any atom is 0.219 e. The van der Waals surface area contributed by atoms with Gasteiger partial charge in [-0.25, -0.2) is 4.98 Å². The molecule has 3 aromatic carbocycles. The van der Waals surface area contributed by atoms with Gasteiger partial charge in [-0.1, -0.05) is 88.0 Å². The van der Waals surface area contributed by atoms with Crippen LogP contribution in [0.1, 0.15) is 44.4 Å². The van der Waals surface area contributed by atoms with Gasteiger partial charge in [0, 0.05) is 33.1 Å². The highest BCUT2D eigenvalue weighted by molar-refractivity contribution is 8.15. The highest BCUT2D eigenvalue weighted by Gasteiger charge is 2.54. The van der Waals surface area contributed by atoms with Crippen molar-refractivity contribution >= 4 is 27.7 Å². The van der Waals surface area contributed by atoms with Gasteiger partial charge in [-0.2, -0.15) is 0 Å². The van der Waals surface area contributed by atoms with Crippen LogP contribution in [0.2, 0.25) is 0 Å². The Bertz CT molecular complexity index is 1490. The maximum absolute atomic E-state index is 10.2. The number of aromatic hydroxyl groups is 1. The van der Waals surface area contributed by atoms with Crippen LogP contribution in [0.25, 0.3) is 10.9 Å². The van der Waals surface area contributed by atoms with Crippen LogP contribution in [0, 0.1) is 0 Å². The lowest BCUT2D eigenvalue weighted by Crippen LogP contribution is -2.52. The van der Waals surface area contributed by atoms with Crippen LogP contribution in [-0.4, -0.2) is 26.4 Å². The average Bonchev–Trinajstić information content (AvgIpc) is 3.32. The molecule has 0 amide bonds. The van der Waals surface area contributed by atoms with Gasteiger partial charge in [-0.05, 0) is 35.4 Å². The van der Waals surface area contributed by atoms with E-state index in [4.69, 9.17) is 9.73 Å². The predicted octanol–water partition coefficient (Wildman–Crippen LogP) is 7.23. The Kier molecular flexibility index (Phi) is 4.98. The van der Waals surface area contributed by atoms with Gasteiger partial charge in [0.05, 0.1) is 11.1 Å². The minimum absolute atomic E-state index is 0.0117. The molecule has 2 heterocycles. The molecule has 1 unspecified atom stereocenters. The highest BCUT2D eigenvalue weighted by Crippen LogP contribution is 2.55. The van der Waals surface area contributed by atoms with E-state index in [9.17, 15) is 5.11 Å². The number of phenolic OH excluding ortho intramolecular Hbond substituents is 1. The summed E-state index contributed by atoms with van der Waals surface area (Å²) in [7, 11) is 0. The summed E-state index contributed by atoms with van der Waals surface area (Å²) in [5.74, 6) is 1.29. The van der Waals surface area contributed by atoms with Gasteiger partial charge in [0.1, 0.15) is 17.0 Å². The number of aliphatic imine (C=N–C) groups is 1. The molecule has 4 aromatic rings. The van der Waals surface area contributed by atoms with Crippen molar-refractivity contribution in [2.45, 2.75) is 49.8 Å². The summed E-state index contributed by atoms with van der Waals surface area (Å²) in [5.41, 5.74) is 4.39. The Hall–Kier alpha value is -3.31. The number of benzene rings is 3. The van der Waals surface area contributed by atoms with Gasteiger partial charge in [-0.15, -0.1) is 0 Å². The van der Waals surface area contributed by atoms with Gasteiger partial charge in [-0.3, -0.25) is 4.99 Å². The molecule has 0 spiro atoms. The first-order valence-corrected chi connectivity index (χ1v) is 12.8. The molecule has 4 nitrogen and oxygen atoms in total. The number of hydrogen-bond donors (Lipinski definition) is 1. The number of aromatic nitrogens is 1. The summed E-state index contributed by atoms with van der Waals surface area (Å²) >= 11 is 1.89. The van der Waals surface area contributed by atoms with Crippen molar-refractivity contribution in [1.29, 1.82) is 0 Å². The zero-order chi connectivity index (χ0) is 24.4. The first kappa shape index (κ1) is 22.2. The van der Waals surface area contributed by atoms with E-state index < -0.39 is 0 Å².